The fourth-order valence-electron chi connectivity index (χ4n) is 1.51. The summed E-state index contributed by atoms with van der Waals surface area (Å²) in [5.74, 6) is 0.323. The lowest BCUT2D eigenvalue weighted by molar-refractivity contribution is -0.136. The zero-order valence-corrected chi connectivity index (χ0v) is 8.91. The van der Waals surface area contributed by atoms with Crippen LogP contribution in [0, 0.1) is 0 Å². The van der Waals surface area contributed by atoms with Crippen molar-refractivity contribution in [3.05, 3.63) is 12.7 Å². The number of anilines is 1. The molecular weight excluding hydrogens is 235 g/mol. The monoisotopic (exact) mass is 245 g/mol. The first-order valence-electron chi connectivity index (χ1n) is 4.93. The van der Waals surface area contributed by atoms with Gasteiger partial charge in [0.25, 0.3) is 0 Å². The van der Waals surface area contributed by atoms with Crippen molar-refractivity contribution < 1.29 is 13.2 Å². The molecule has 1 unspecified atom stereocenters. The van der Waals surface area contributed by atoms with E-state index in [0.29, 0.717) is 17.0 Å². The number of fused-ring (bicyclic) bond motifs is 1. The number of halogens is 3. The highest BCUT2D eigenvalue weighted by Gasteiger charge is 2.30. The number of alkyl halides is 3. The van der Waals surface area contributed by atoms with Crippen LogP contribution in [0.25, 0.3) is 11.2 Å². The highest BCUT2D eigenvalue weighted by Crippen LogP contribution is 2.24. The third-order valence-corrected chi connectivity index (χ3v) is 2.14. The van der Waals surface area contributed by atoms with E-state index in [0.717, 1.165) is 0 Å². The van der Waals surface area contributed by atoms with Gasteiger partial charge in [-0.15, -0.1) is 0 Å². The minimum atomic E-state index is -4.20. The Morgan fingerprint density at radius 3 is 2.82 bits per heavy atom. The zero-order chi connectivity index (χ0) is 12.5. The van der Waals surface area contributed by atoms with Crippen LogP contribution in [0.1, 0.15) is 13.3 Å². The number of aromatic nitrogens is 4. The van der Waals surface area contributed by atoms with Crippen LogP contribution in [0.4, 0.5) is 19.0 Å². The normalized spacial score (nSPS) is 13.9. The number of imidazole rings is 1. The number of aromatic amines is 1. The Balaban J connectivity index is 2.15. The first kappa shape index (κ1) is 11.6. The minimum absolute atomic E-state index is 0.323. The van der Waals surface area contributed by atoms with E-state index in [1.807, 2.05) is 0 Å². The number of hydrogen-bond acceptors (Lipinski definition) is 4. The molecule has 2 aromatic heterocycles. The van der Waals surface area contributed by atoms with Gasteiger partial charge in [0, 0.05) is 6.04 Å². The van der Waals surface area contributed by atoms with Crippen LogP contribution < -0.4 is 5.32 Å². The van der Waals surface area contributed by atoms with Crippen molar-refractivity contribution in [1.29, 1.82) is 0 Å². The second-order valence-corrected chi connectivity index (χ2v) is 3.69. The molecule has 2 N–H and O–H groups in total. The van der Waals surface area contributed by atoms with Crippen LogP contribution in [0.5, 0.6) is 0 Å². The number of hydrogen-bond donors (Lipinski definition) is 2. The van der Waals surface area contributed by atoms with E-state index in [2.05, 4.69) is 25.3 Å². The van der Waals surface area contributed by atoms with Crippen molar-refractivity contribution in [2.45, 2.75) is 25.6 Å². The summed E-state index contributed by atoms with van der Waals surface area (Å²) in [5.41, 5.74) is 0.920. The fraction of sp³-hybridized carbons (Fsp3) is 0.444. The molecule has 0 fully saturated rings. The molecule has 0 aliphatic carbocycles. The lowest BCUT2D eigenvalue weighted by Crippen LogP contribution is -2.24. The molecule has 0 saturated carbocycles. The van der Waals surface area contributed by atoms with Crippen LogP contribution in [0.2, 0.25) is 0 Å². The first-order valence-corrected chi connectivity index (χ1v) is 4.93. The number of nitrogens with one attached hydrogen (secondary N) is 2. The molecule has 8 heteroatoms. The topological polar surface area (TPSA) is 66.5 Å². The molecule has 2 aromatic rings. The van der Waals surface area contributed by atoms with E-state index < -0.39 is 18.6 Å². The van der Waals surface area contributed by atoms with E-state index >= 15 is 0 Å². The molecule has 2 rings (SSSR count). The molecule has 17 heavy (non-hydrogen) atoms. The van der Waals surface area contributed by atoms with Crippen molar-refractivity contribution in [3.8, 4) is 0 Å². The molecule has 5 nitrogen and oxygen atoms in total. The van der Waals surface area contributed by atoms with Gasteiger partial charge in [0.05, 0.1) is 12.7 Å². The highest BCUT2D eigenvalue weighted by atomic mass is 19.4. The van der Waals surface area contributed by atoms with E-state index in [1.54, 1.807) is 0 Å². The summed E-state index contributed by atoms with van der Waals surface area (Å²) in [6.45, 7) is 1.44. The fourth-order valence-corrected chi connectivity index (χ4v) is 1.51. The van der Waals surface area contributed by atoms with Crippen molar-refractivity contribution in [2.75, 3.05) is 5.32 Å². The molecular formula is C9H10F3N5. The predicted octanol–water partition coefficient (Wildman–Crippen LogP) is 2.11. The smallest absolute Gasteiger partial charge is 0.365 e. The summed E-state index contributed by atoms with van der Waals surface area (Å²) in [4.78, 5) is 14.4. The number of H-pyrrole nitrogens is 1. The van der Waals surface area contributed by atoms with Gasteiger partial charge in [0.2, 0.25) is 0 Å². The second kappa shape index (κ2) is 4.19. The maximum atomic E-state index is 12.2. The molecule has 0 saturated heterocycles. The maximum absolute atomic E-state index is 12.2. The quantitative estimate of drug-likeness (QED) is 0.869. The van der Waals surface area contributed by atoms with Gasteiger partial charge in [-0.3, -0.25) is 0 Å². The minimum Gasteiger partial charge on any atom is -0.365 e. The predicted molar refractivity (Wildman–Crippen MR) is 55.4 cm³/mol. The van der Waals surface area contributed by atoms with Gasteiger partial charge in [-0.2, -0.15) is 13.2 Å². The van der Waals surface area contributed by atoms with Crippen molar-refractivity contribution in [3.63, 3.8) is 0 Å². The maximum Gasteiger partial charge on any atom is 0.391 e. The average molecular weight is 245 g/mol. The third-order valence-electron chi connectivity index (χ3n) is 2.14. The summed E-state index contributed by atoms with van der Waals surface area (Å²) >= 11 is 0. The highest BCUT2D eigenvalue weighted by molar-refractivity contribution is 5.81. The van der Waals surface area contributed by atoms with E-state index in [4.69, 9.17) is 0 Å². The Kier molecular flexibility index (Phi) is 2.86. The SMILES string of the molecule is CC(CC(F)(F)F)Nc1ncnc2nc[nH]c12. The van der Waals surface area contributed by atoms with Crippen LogP contribution in [-0.2, 0) is 0 Å². The Labute approximate surface area is 94.5 Å². The molecule has 1 atom stereocenters. The van der Waals surface area contributed by atoms with Crippen LogP contribution in [-0.4, -0.2) is 32.2 Å². The summed E-state index contributed by atoms with van der Waals surface area (Å²) in [5, 5.41) is 2.69. The Bertz CT molecular complexity index is 507. The average Bonchev–Trinajstić information content (AvgIpc) is 2.63. The molecule has 0 spiro atoms. The van der Waals surface area contributed by atoms with Crippen molar-refractivity contribution >= 4 is 17.0 Å². The summed E-state index contributed by atoms with van der Waals surface area (Å²) in [6, 6.07) is -0.767. The van der Waals surface area contributed by atoms with Gasteiger partial charge in [0.15, 0.2) is 11.5 Å². The Morgan fingerprint density at radius 2 is 2.12 bits per heavy atom. The van der Waals surface area contributed by atoms with Gasteiger partial charge in [-0.1, -0.05) is 0 Å². The Hall–Kier alpha value is -1.86. The Morgan fingerprint density at radius 1 is 1.35 bits per heavy atom. The molecule has 0 amide bonds. The third kappa shape index (κ3) is 2.83. The second-order valence-electron chi connectivity index (χ2n) is 3.69. The lowest BCUT2D eigenvalue weighted by Gasteiger charge is -2.16. The summed E-state index contributed by atoms with van der Waals surface area (Å²) in [7, 11) is 0. The molecule has 0 aliphatic heterocycles. The lowest BCUT2D eigenvalue weighted by atomic mass is 10.2. The molecule has 0 bridgehead atoms. The van der Waals surface area contributed by atoms with Crippen LogP contribution >= 0.6 is 0 Å². The molecule has 0 aromatic carbocycles. The zero-order valence-electron chi connectivity index (χ0n) is 8.91. The summed E-state index contributed by atoms with van der Waals surface area (Å²) in [6.07, 6.45) is -2.45. The molecule has 0 radical (unpaired) electrons. The van der Waals surface area contributed by atoms with Gasteiger partial charge in [-0.25, -0.2) is 15.0 Å². The molecule has 0 aliphatic rings. The molecule has 2 heterocycles. The van der Waals surface area contributed by atoms with Gasteiger partial charge in [-0.05, 0) is 6.92 Å². The van der Waals surface area contributed by atoms with Gasteiger partial charge in [0.1, 0.15) is 11.8 Å². The van der Waals surface area contributed by atoms with E-state index in [1.165, 1.54) is 19.6 Å². The standard InChI is InChI=1S/C9H10F3N5/c1-5(2-9(10,11)12)17-8-6-7(14-3-13-6)15-4-16-8/h3-5H,2H2,1H3,(H2,13,14,15,16,17). The first-order chi connectivity index (χ1) is 7.96. The van der Waals surface area contributed by atoms with Crippen LogP contribution in [0.15, 0.2) is 12.7 Å². The van der Waals surface area contributed by atoms with E-state index in [-0.39, 0.29) is 0 Å². The van der Waals surface area contributed by atoms with Gasteiger partial charge < -0.3 is 10.3 Å². The number of rotatable bonds is 3. The van der Waals surface area contributed by atoms with Crippen molar-refractivity contribution in [2.24, 2.45) is 0 Å². The summed E-state index contributed by atoms with van der Waals surface area (Å²) < 4.78 is 36.5. The molecule has 92 valence electrons. The number of nitrogens with zero attached hydrogens (tertiary/aromatic N) is 3. The largest absolute Gasteiger partial charge is 0.391 e. The van der Waals surface area contributed by atoms with Crippen molar-refractivity contribution in [1.82, 2.24) is 19.9 Å². The van der Waals surface area contributed by atoms with E-state index in [9.17, 15) is 13.2 Å². The van der Waals surface area contributed by atoms with Gasteiger partial charge >= 0.3 is 6.18 Å². The van der Waals surface area contributed by atoms with Crippen LogP contribution in [0.3, 0.4) is 0 Å².